The monoisotopic (exact) mass is 194 g/mol. The molecule has 0 aromatic heterocycles. The zero-order valence-corrected chi connectivity index (χ0v) is 9.74. The largest absolute Gasteiger partial charge is 0.151 e. The third-order valence-electron chi connectivity index (χ3n) is 1.75. The standard InChI is InChI=1S/C12H18S/c1-10-6-5-7-11(8-10)9-13-12(2,3)4/h5-8H,9H2,1-4H3. The summed E-state index contributed by atoms with van der Waals surface area (Å²) in [4.78, 5) is 0. The van der Waals surface area contributed by atoms with E-state index in [9.17, 15) is 0 Å². The molecule has 0 bridgehead atoms. The van der Waals surface area contributed by atoms with Gasteiger partial charge in [-0.15, -0.1) is 0 Å². The van der Waals surface area contributed by atoms with Crippen molar-refractivity contribution in [3.8, 4) is 0 Å². The van der Waals surface area contributed by atoms with Crippen molar-refractivity contribution in [3.05, 3.63) is 35.4 Å². The Bertz CT molecular complexity index is 271. The Morgan fingerprint density at radius 2 is 1.92 bits per heavy atom. The topological polar surface area (TPSA) is 0 Å². The smallest absolute Gasteiger partial charge is 0.0189 e. The summed E-state index contributed by atoms with van der Waals surface area (Å²) >= 11 is 2.00. The Balaban J connectivity index is 2.55. The van der Waals surface area contributed by atoms with Crippen molar-refractivity contribution in [1.29, 1.82) is 0 Å². The maximum Gasteiger partial charge on any atom is 0.0189 e. The summed E-state index contributed by atoms with van der Waals surface area (Å²) in [5, 5.41) is 0. The molecule has 0 aliphatic carbocycles. The molecule has 0 aliphatic rings. The minimum Gasteiger partial charge on any atom is -0.151 e. The van der Waals surface area contributed by atoms with E-state index in [-0.39, 0.29) is 0 Å². The fourth-order valence-electron chi connectivity index (χ4n) is 1.10. The lowest BCUT2D eigenvalue weighted by molar-refractivity contribution is 0.802. The molecule has 0 unspecified atom stereocenters. The molecule has 0 spiro atoms. The number of rotatable bonds is 2. The van der Waals surface area contributed by atoms with Crippen LogP contribution in [0.5, 0.6) is 0 Å². The molecule has 1 aromatic carbocycles. The van der Waals surface area contributed by atoms with E-state index in [0.717, 1.165) is 5.75 Å². The lowest BCUT2D eigenvalue weighted by Gasteiger charge is -2.17. The van der Waals surface area contributed by atoms with E-state index in [1.807, 2.05) is 11.8 Å². The van der Waals surface area contributed by atoms with Crippen LogP contribution in [0.2, 0.25) is 0 Å². The number of hydrogen-bond donors (Lipinski definition) is 0. The molecule has 0 fully saturated rings. The highest BCUT2D eigenvalue weighted by Gasteiger charge is 2.09. The van der Waals surface area contributed by atoms with Crippen molar-refractivity contribution >= 4 is 11.8 Å². The van der Waals surface area contributed by atoms with Crippen molar-refractivity contribution in [2.45, 2.75) is 38.2 Å². The summed E-state index contributed by atoms with van der Waals surface area (Å²) < 4.78 is 0.365. The van der Waals surface area contributed by atoms with Crippen LogP contribution in [0, 0.1) is 6.92 Å². The van der Waals surface area contributed by atoms with E-state index in [0.29, 0.717) is 4.75 Å². The molecule has 13 heavy (non-hydrogen) atoms. The van der Waals surface area contributed by atoms with Crippen LogP contribution in [-0.2, 0) is 5.75 Å². The van der Waals surface area contributed by atoms with E-state index in [2.05, 4.69) is 52.0 Å². The van der Waals surface area contributed by atoms with Crippen LogP contribution in [0.4, 0.5) is 0 Å². The van der Waals surface area contributed by atoms with Crippen molar-refractivity contribution in [2.75, 3.05) is 0 Å². The second kappa shape index (κ2) is 4.19. The Morgan fingerprint density at radius 1 is 1.23 bits per heavy atom. The van der Waals surface area contributed by atoms with Crippen molar-refractivity contribution in [1.82, 2.24) is 0 Å². The van der Waals surface area contributed by atoms with E-state index >= 15 is 0 Å². The summed E-state index contributed by atoms with van der Waals surface area (Å²) in [5.41, 5.74) is 2.78. The molecule has 1 heteroatoms. The second-order valence-corrected chi connectivity index (χ2v) is 6.19. The van der Waals surface area contributed by atoms with Gasteiger partial charge in [0.15, 0.2) is 0 Å². The van der Waals surface area contributed by atoms with Gasteiger partial charge in [0.2, 0.25) is 0 Å². The Labute approximate surface area is 85.7 Å². The fourth-order valence-corrected chi connectivity index (χ4v) is 1.88. The van der Waals surface area contributed by atoms with Gasteiger partial charge in [0.1, 0.15) is 0 Å². The molecule has 0 N–H and O–H groups in total. The third kappa shape index (κ3) is 4.37. The SMILES string of the molecule is Cc1cccc(CSC(C)(C)C)c1. The Morgan fingerprint density at radius 3 is 2.46 bits per heavy atom. The van der Waals surface area contributed by atoms with Crippen LogP contribution < -0.4 is 0 Å². The van der Waals surface area contributed by atoms with Gasteiger partial charge in [-0.1, -0.05) is 50.6 Å². The van der Waals surface area contributed by atoms with E-state index in [1.165, 1.54) is 11.1 Å². The Kier molecular flexibility index (Phi) is 3.43. The molecule has 0 heterocycles. The van der Waals surface area contributed by atoms with Crippen molar-refractivity contribution in [3.63, 3.8) is 0 Å². The van der Waals surface area contributed by atoms with Crippen LogP contribution in [0.15, 0.2) is 24.3 Å². The first kappa shape index (κ1) is 10.6. The van der Waals surface area contributed by atoms with Crippen LogP contribution in [0.3, 0.4) is 0 Å². The quantitative estimate of drug-likeness (QED) is 0.685. The number of hydrogen-bond acceptors (Lipinski definition) is 1. The number of benzene rings is 1. The minimum atomic E-state index is 0.365. The van der Waals surface area contributed by atoms with Gasteiger partial charge >= 0.3 is 0 Å². The molecule has 0 radical (unpaired) electrons. The zero-order chi connectivity index (χ0) is 9.90. The van der Waals surface area contributed by atoms with E-state index < -0.39 is 0 Å². The van der Waals surface area contributed by atoms with Crippen LogP contribution in [0.1, 0.15) is 31.9 Å². The van der Waals surface area contributed by atoms with Crippen molar-refractivity contribution < 1.29 is 0 Å². The van der Waals surface area contributed by atoms with Gasteiger partial charge in [0.25, 0.3) is 0 Å². The van der Waals surface area contributed by atoms with Gasteiger partial charge in [-0.05, 0) is 12.5 Å². The van der Waals surface area contributed by atoms with E-state index in [4.69, 9.17) is 0 Å². The van der Waals surface area contributed by atoms with Gasteiger partial charge in [0, 0.05) is 10.5 Å². The average molecular weight is 194 g/mol. The highest BCUT2D eigenvalue weighted by molar-refractivity contribution is 7.99. The van der Waals surface area contributed by atoms with Gasteiger partial charge in [-0.25, -0.2) is 0 Å². The van der Waals surface area contributed by atoms with Gasteiger partial charge in [-0.2, -0.15) is 11.8 Å². The number of aryl methyl sites for hydroxylation is 1. The Hall–Kier alpha value is -0.430. The molecule has 0 saturated heterocycles. The molecule has 0 amide bonds. The molecule has 72 valence electrons. The first-order valence-electron chi connectivity index (χ1n) is 4.67. The van der Waals surface area contributed by atoms with Crippen LogP contribution in [0.25, 0.3) is 0 Å². The summed E-state index contributed by atoms with van der Waals surface area (Å²) in [7, 11) is 0. The predicted octanol–water partition coefficient (Wildman–Crippen LogP) is 4.03. The van der Waals surface area contributed by atoms with Crippen molar-refractivity contribution in [2.24, 2.45) is 0 Å². The summed E-state index contributed by atoms with van der Waals surface area (Å²) in [6.07, 6.45) is 0. The fraction of sp³-hybridized carbons (Fsp3) is 0.500. The molecule has 0 atom stereocenters. The molecular weight excluding hydrogens is 176 g/mol. The molecule has 0 saturated carbocycles. The lowest BCUT2D eigenvalue weighted by Crippen LogP contribution is -2.07. The number of thioether (sulfide) groups is 1. The first-order valence-corrected chi connectivity index (χ1v) is 5.65. The maximum absolute atomic E-state index is 2.26. The zero-order valence-electron chi connectivity index (χ0n) is 8.92. The molecule has 1 rings (SSSR count). The lowest BCUT2D eigenvalue weighted by atomic mass is 10.2. The molecule has 0 aliphatic heterocycles. The first-order chi connectivity index (χ1) is 5.97. The molecular formula is C12H18S. The predicted molar refractivity (Wildman–Crippen MR) is 62.2 cm³/mol. The average Bonchev–Trinajstić information content (AvgIpc) is 2.00. The maximum atomic E-state index is 2.26. The molecule has 1 aromatic rings. The van der Waals surface area contributed by atoms with E-state index in [1.54, 1.807) is 0 Å². The summed E-state index contributed by atoms with van der Waals surface area (Å²) in [6.45, 7) is 8.92. The second-order valence-electron chi connectivity index (χ2n) is 4.39. The van der Waals surface area contributed by atoms with Gasteiger partial charge < -0.3 is 0 Å². The van der Waals surface area contributed by atoms with Gasteiger partial charge in [-0.3, -0.25) is 0 Å². The molecule has 0 nitrogen and oxygen atoms in total. The van der Waals surface area contributed by atoms with Crippen LogP contribution in [-0.4, -0.2) is 4.75 Å². The summed E-state index contributed by atoms with van der Waals surface area (Å²) in [6, 6.07) is 8.74. The normalized spacial score (nSPS) is 11.7. The minimum absolute atomic E-state index is 0.365. The van der Waals surface area contributed by atoms with Crippen LogP contribution >= 0.6 is 11.8 Å². The third-order valence-corrected chi connectivity index (χ3v) is 3.10. The highest BCUT2D eigenvalue weighted by atomic mass is 32.2. The van der Waals surface area contributed by atoms with Gasteiger partial charge in [0.05, 0.1) is 0 Å². The summed E-state index contributed by atoms with van der Waals surface area (Å²) in [5.74, 6) is 1.12. The highest BCUT2D eigenvalue weighted by Crippen LogP contribution is 2.27.